The molecule has 2 aliphatic carbocycles. The highest BCUT2D eigenvalue weighted by Crippen LogP contribution is 2.49. The summed E-state index contributed by atoms with van der Waals surface area (Å²) in [6.07, 6.45) is 3.20. The molecule has 0 N–H and O–H groups in total. The van der Waals surface area contributed by atoms with Crippen molar-refractivity contribution in [1.82, 2.24) is 0 Å². The third-order valence-corrected chi connectivity index (χ3v) is 6.18. The smallest absolute Gasteiger partial charge is 0.315 e. The Kier molecular flexibility index (Phi) is 4.47. The molecule has 6 nitrogen and oxygen atoms in total. The Bertz CT molecular complexity index is 1090. The van der Waals surface area contributed by atoms with Crippen molar-refractivity contribution in [2.75, 3.05) is 27.9 Å². The second-order valence-electron chi connectivity index (χ2n) is 7.74. The van der Waals surface area contributed by atoms with E-state index in [9.17, 15) is 9.59 Å². The van der Waals surface area contributed by atoms with Crippen molar-refractivity contribution >= 4 is 11.8 Å². The Morgan fingerprint density at radius 2 is 1.83 bits per heavy atom. The summed E-state index contributed by atoms with van der Waals surface area (Å²) in [5.74, 6) is 0.130. The van der Waals surface area contributed by atoms with Crippen LogP contribution < -0.4 is 14.2 Å². The number of esters is 1. The predicted octanol–water partition coefficient (Wildman–Crippen LogP) is 4.22. The van der Waals surface area contributed by atoms with Gasteiger partial charge >= 0.3 is 5.97 Å². The zero-order valence-electron chi connectivity index (χ0n) is 20.1. The van der Waals surface area contributed by atoms with Gasteiger partial charge in [-0.25, -0.2) is 0 Å². The average Bonchev–Trinajstić information content (AvgIpc) is 3.13. The highest BCUT2D eigenvalue weighted by molar-refractivity contribution is 6.02. The van der Waals surface area contributed by atoms with E-state index < -0.39 is 12.5 Å². The highest BCUT2D eigenvalue weighted by Gasteiger charge is 2.46. The van der Waals surface area contributed by atoms with E-state index in [0.29, 0.717) is 36.8 Å². The number of benzene rings is 2. The van der Waals surface area contributed by atoms with Crippen LogP contribution in [0.4, 0.5) is 0 Å². The average molecular weight is 413 g/mol. The first-order valence-corrected chi connectivity index (χ1v) is 9.96. The minimum absolute atomic E-state index is 0.000584. The number of rotatable bonds is 7. The maximum atomic E-state index is 12.4. The molecule has 2 aromatic carbocycles. The van der Waals surface area contributed by atoms with E-state index in [1.54, 1.807) is 12.1 Å². The monoisotopic (exact) mass is 413 g/mol. The number of fused-ring (bicyclic) bond motifs is 1. The molecule has 6 heteroatoms. The summed E-state index contributed by atoms with van der Waals surface area (Å²) in [4.78, 5) is 24.7. The number of Topliss-reactive ketones (excluding diaryl/α,β-unsaturated/α-hetero) is 1. The number of carbonyl (C=O) groups excluding carboxylic acids is 2. The molecule has 0 unspecified atom stereocenters. The summed E-state index contributed by atoms with van der Waals surface area (Å²) < 4.78 is 44.4. The molecule has 4 rings (SSSR count). The van der Waals surface area contributed by atoms with Gasteiger partial charge in [-0.15, -0.1) is 0 Å². The van der Waals surface area contributed by atoms with Gasteiger partial charge < -0.3 is 18.9 Å². The van der Waals surface area contributed by atoms with Crippen LogP contribution in [0.2, 0.25) is 0 Å². The lowest BCUT2D eigenvalue weighted by atomic mass is 9.69. The van der Waals surface area contributed by atoms with Gasteiger partial charge in [0.05, 0.1) is 25.4 Å². The van der Waals surface area contributed by atoms with E-state index in [4.69, 9.17) is 23.1 Å². The Morgan fingerprint density at radius 1 is 1.03 bits per heavy atom. The second kappa shape index (κ2) is 8.01. The maximum Gasteiger partial charge on any atom is 0.315 e. The molecule has 1 fully saturated rings. The number of carbonyl (C=O) groups is 2. The highest BCUT2D eigenvalue weighted by atomic mass is 16.5. The molecular weight excluding hydrogens is 384 g/mol. The Hall–Kier alpha value is -3.02. The van der Waals surface area contributed by atoms with Crippen molar-refractivity contribution < 1.29 is 32.6 Å². The van der Waals surface area contributed by atoms with Gasteiger partial charge in [0.2, 0.25) is 5.75 Å². The number of ketones is 1. The van der Waals surface area contributed by atoms with E-state index >= 15 is 0 Å². The van der Waals surface area contributed by atoms with Gasteiger partial charge in [-0.1, -0.05) is 24.6 Å². The Balaban J connectivity index is 1.82. The minimum atomic E-state index is -2.69. The van der Waals surface area contributed by atoms with Crippen LogP contribution in [0.5, 0.6) is 17.2 Å². The van der Waals surface area contributed by atoms with Crippen LogP contribution in [0.1, 0.15) is 45.7 Å². The maximum absolute atomic E-state index is 12.4. The summed E-state index contributed by atoms with van der Waals surface area (Å²) in [6, 6.07) is 8.72. The molecule has 0 bridgehead atoms. The molecule has 158 valence electrons. The number of ether oxygens (including phenoxy) is 4. The largest absolute Gasteiger partial charge is 0.493 e. The van der Waals surface area contributed by atoms with Crippen LogP contribution in [0.15, 0.2) is 30.3 Å². The second-order valence-corrected chi connectivity index (χ2v) is 7.74. The zero-order valence-corrected chi connectivity index (χ0v) is 17.1. The van der Waals surface area contributed by atoms with Crippen molar-refractivity contribution in [3.8, 4) is 28.4 Å². The summed E-state index contributed by atoms with van der Waals surface area (Å²) >= 11 is 0. The van der Waals surface area contributed by atoms with Gasteiger partial charge in [-0.3, -0.25) is 9.59 Å². The first-order chi connectivity index (χ1) is 15.7. The molecule has 0 atom stereocenters. The Labute approximate surface area is 180 Å². The van der Waals surface area contributed by atoms with Crippen molar-refractivity contribution in [1.29, 1.82) is 0 Å². The lowest BCUT2D eigenvalue weighted by molar-refractivity contribution is -0.161. The van der Waals surface area contributed by atoms with Crippen molar-refractivity contribution in [3.63, 3.8) is 0 Å². The molecular formula is C24H26O6. The van der Waals surface area contributed by atoms with Crippen LogP contribution in [0.3, 0.4) is 0 Å². The number of methoxy groups -OCH3 is 3. The van der Waals surface area contributed by atoms with E-state index in [-0.39, 0.29) is 35.6 Å². The van der Waals surface area contributed by atoms with E-state index in [1.165, 1.54) is 20.3 Å². The molecule has 0 heterocycles. The van der Waals surface area contributed by atoms with Gasteiger partial charge in [0.15, 0.2) is 17.3 Å². The number of hydrogen-bond donors (Lipinski definition) is 0. The zero-order chi connectivity index (χ0) is 23.8. The molecule has 30 heavy (non-hydrogen) atoms. The lowest BCUT2D eigenvalue weighted by Gasteiger charge is -2.38. The summed E-state index contributed by atoms with van der Waals surface area (Å²) in [6.45, 7) is 0.0498. The van der Waals surface area contributed by atoms with E-state index in [0.717, 1.165) is 17.5 Å². The van der Waals surface area contributed by atoms with Gasteiger partial charge in [0.1, 0.15) is 12.0 Å². The first-order valence-electron chi connectivity index (χ1n) is 11.5. The summed E-state index contributed by atoms with van der Waals surface area (Å²) in [7, 11) is 0.0634. The summed E-state index contributed by atoms with van der Waals surface area (Å²) in [5.41, 5.74) is 2.26. The molecule has 0 spiro atoms. The van der Waals surface area contributed by atoms with Crippen LogP contribution in [-0.4, -0.2) is 39.6 Å². The van der Waals surface area contributed by atoms with Gasteiger partial charge in [0, 0.05) is 17.5 Å². The quantitative estimate of drug-likeness (QED) is 0.633. The fourth-order valence-corrected chi connectivity index (χ4v) is 4.35. The van der Waals surface area contributed by atoms with Crippen LogP contribution in [-0.2, 0) is 16.0 Å². The predicted molar refractivity (Wildman–Crippen MR) is 111 cm³/mol. The minimum Gasteiger partial charge on any atom is -0.493 e. The molecule has 0 radical (unpaired) electrons. The standard InChI is InChI=1S/C24H26O6/c1-27-20-11-9-18(15-6-4-7-17-16(15)8-10-19(17)25)21(22(20)28-2)30-14-24(12-5-13-24)23(26)29-3/h4,6-7,9,11H,5,8,10,12-14H2,1-3H3/i1D3. The van der Waals surface area contributed by atoms with Crippen molar-refractivity contribution in [2.24, 2.45) is 5.41 Å². The van der Waals surface area contributed by atoms with Gasteiger partial charge in [-0.2, -0.15) is 0 Å². The topological polar surface area (TPSA) is 71.1 Å². The molecule has 2 aliphatic rings. The van der Waals surface area contributed by atoms with Gasteiger partial charge in [-0.05, 0) is 42.5 Å². The molecule has 0 aliphatic heterocycles. The molecule has 0 saturated heterocycles. The van der Waals surface area contributed by atoms with Crippen molar-refractivity contribution in [2.45, 2.75) is 32.1 Å². The van der Waals surface area contributed by atoms with E-state index in [2.05, 4.69) is 0 Å². The fourth-order valence-electron chi connectivity index (χ4n) is 4.35. The van der Waals surface area contributed by atoms with E-state index in [1.807, 2.05) is 12.1 Å². The SMILES string of the molecule is [2H]C([2H])([2H])Oc1ccc(-c2cccc3c2CCC3=O)c(OCC2(C(=O)OC)CCC2)c1OC. The fraction of sp³-hybridized carbons (Fsp3) is 0.417. The van der Waals surface area contributed by atoms with Crippen molar-refractivity contribution in [3.05, 3.63) is 41.5 Å². The third kappa shape index (κ3) is 3.20. The third-order valence-electron chi connectivity index (χ3n) is 6.18. The molecule has 0 aromatic heterocycles. The van der Waals surface area contributed by atoms with Crippen LogP contribution >= 0.6 is 0 Å². The normalized spacial score (nSPS) is 18.3. The lowest BCUT2D eigenvalue weighted by Crippen LogP contribution is -2.44. The first kappa shape index (κ1) is 16.7. The molecule has 2 aromatic rings. The molecule has 1 saturated carbocycles. The summed E-state index contributed by atoms with van der Waals surface area (Å²) in [5, 5.41) is 0. The number of hydrogen-bond acceptors (Lipinski definition) is 6. The van der Waals surface area contributed by atoms with Gasteiger partial charge in [0.25, 0.3) is 0 Å². The van der Waals surface area contributed by atoms with Crippen LogP contribution in [0, 0.1) is 5.41 Å². The van der Waals surface area contributed by atoms with Crippen LogP contribution in [0.25, 0.3) is 11.1 Å². The molecule has 0 amide bonds. The Morgan fingerprint density at radius 3 is 2.50 bits per heavy atom.